The molecule has 148 valence electrons. The maximum absolute atomic E-state index is 5.48. The number of ether oxygens (including phenoxy) is 1. The van der Waals surface area contributed by atoms with Gasteiger partial charge < -0.3 is 9.64 Å². The maximum Gasteiger partial charge on any atom is 0.119 e. The molecule has 4 heteroatoms. The Morgan fingerprint density at radius 1 is 0.929 bits per heavy atom. The van der Waals surface area contributed by atoms with Crippen LogP contribution in [0.4, 0.5) is 5.69 Å². The fourth-order valence-electron chi connectivity index (χ4n) is 4.30. The lowest BCUT2D eigenvalue weighted by Crippen LogP contribution is -2.48. The number of aryl methyl sites for hydroxylation is 1. The van der Waals surface area contributed by atoms with Crippen molar-refractivity contribution in [2.45, 2.75) is 32.7 Å². The predicted octanol–water partition coefficient (Wildman–Crippen LogP) is 5.33. The fraction of sp³-hybridized carbons (Fsp3) is 0.417. The molecular formula is C24H29BrN2O. The number of nitrogens with zero attached hydrogens (tertiary/aromatic N) is 2. The van der Waals surface area contributed by atoms with Gasteiger partial charge in [-0.05, 0) is 73.2 Å². The summed E-state index contributed by atoms with van der Waals surface area (Å²) < 4.78 is 6.76. The monoisotopic (exact) mass is 440 g/mol. The van der Waals surface area contributed by atoms with Crippen molar-refractivity contribution >= 4 is 27.2 Å². The molecule has 0 aromatic heterocycles. The summed E-state index contributed by atoms with van der Waals surface area (Å²) in [5, 5.41) is 0. The molecule has 0 N–H and O–H groups in total. The van der Waals surface area contributed by atoms with E-state index in [1.807, 2.05) is 0 Å². The van der Waals surface area contributed by atoms with E-state index in [0.717, 1.165) is 44.8 Å². The van der Waals surface area contributed by atoms with Crippen molar-refractivity contribution < 1.29 is 4.74 Å². The van der Waals surface area contributed by atoms with Crippen LogP contribution in [-0.4, -0.2) is 44.2 Å². The third-order valence-electron chi connectivity index (χ3n) is 6.04. The molecule has 1 heterocycles. The van der Waals surface area contributed by atoms with Gasteiger partial charge in [-0.2, -0.15) is 0 Å². The highest BCUT2D eigenvalue weighted by molar-refractivity contribution is 9.11. The van der Waals surface area contributed by atoms with E-state index < -0.39 is 0 Å². The van der Waals surface area contributed by atoms with Gasteiger partial charge in [-0.1, -0.05) is 34.1 Å². The lowest BCUT2D eigenvalue weighted by Gasteiger charge is -2.38. The molecule has 28 heavy (non-hydrogen) atoms. The zero-order valence-corrected chi connectivity index (χ0v) is 18.6. The van der Waals surface area contributed by atoms with Crippen LogP contribution < -0.4 is 9.64 Å². The number of allylic oxidation sites excluding steroid dienone is 1. The van der Waals surface area contributed by atoms with Gasteiger partial charge in [0.1, 0.15) is 5.75 Å². The number of rotatable bonds is 4. The number of halogens is 1. The van der Waals surface area contributed by atoms with Crippen LogP contribution in [0.25, 0.3) is 5.57 Å². The van der Waals surface area contributed by atoms with Crippen molar-refractivity contribution in [3.8, 4) is 5.75 Å². The van der Waals surface area contributed by atoms with Crippen molar-refractivity contribution in [3.05, 3.63) is 63.6 Å². The summed E-state index contributed by atoms with van der Waals surface area (Å²) in [5.74, 6) is 0.915. The Kier molecular flexibility index (Phi) is 5.79. The minimum Gasteiger partial charge on any atom is -0.497 e. The third-order valence-corrected chi connectivity index (χ3v) is 6.83. The van der Waals surface area contributed by atoms with E-state index in [-0.39, 0.29) is 0 Å². The molecule has 0 radical (unpaired) electrons. The number of anilines is 1. The molecule has 2 aliphatic rings. The van der Waals surface area contributed by atoms with Crippen LogP contribution in [-0.2, 0) is 6.42 Å². The Hall–Kier alpha value is -1.78. The van der Waals surface area contributed by atoms with Crippen LogP contribution in [0, 0.1) is 0 Å². The number of piperazine rings is 1. The largest absolute Gasteiger partial charge is 0.497 e. The summed E-state index contributed by atoms with van der Waals surface area (Å²) in [5.41, 5.74) is 6.58. The Morgan fingerprint density at radius 3 is 2.29 bits per heavy atom. The van der Waals surface area contributed by atoms with Gasteiger partial charge in [0.25, 0.3) is 0 Å². The third kappa shape index (κ3) is 3.85. The molecule has 2 aromatic rings. The first-order valence-electron chi connectivity index (χ1n) is 10.2. The minimum atomic E-state index is 0.636. The number of benzene rings is 2. The summed E-state index contributed by atoms with van der Waals surface area (Å²) in [6.07, 6.45) is 2.12. The van der Waals surface area contributed by atoms with Crippen molar-refractivity contribution in [1.29, 1.82) is 0 Å². The van der Waals surface area contributed by atoms with Gasteiger partial charge in [-0.15, -0.1) is 0 Å². The molecule has 1 aliphatic heterocycles. The molecular weight excluding hydrogens is 412 g/mol. The van der Waals surface area contributed by atoms with E-state index in [1.54, 1.807) is 7.11 Å². The van der Waals surface area contributed by atoms with E-state index in [4.69, 9.17) is 4.74 Å². The summed E-state index contributed by atoms with van der Waals surface area (Å²) in [4.78, 5) is 5.06. The van der Waals surface area contributed by atoms with Crippen LogP contribution in [0.5, 0.6) is 5.75 Å². The summed E-state index contributed by atoms with van der Waals surface area (Å²) in [7, 11) is 1.73. The molecule has 2 aromatic carbocycles. The lowest BCUT2D eigenvalue weighted by molar-refractivity contribution is 0.209. The van der Waals surface area contributed by atoms with Crippen LogP contribution >= 0.6 is 15.9 Å². The molecule has 1 aliphatic carbocycles. The van der Waals surface area contributed by atoms with Crippen LogP contribution in [0.1, 0.15) is 37.0 Å². The lowest BCUT2D eigenvalue weighted by atomic mass is 9.86. The highest BCUT2D eigenvalue weighted by atomic mass is 79.9. The molecule has 3 nitrogen and oxygen atoms in total. The van der Waals surface area contributed by atoms with Crippen molar-refractivity contribution in [1.82, 2.24) is 4.90 Å². The van der Waals surface area contributed by atoms with E-state index in [1.165, 1.54) is 32.4 Å². The van der Waals surface area contributed by atoms with Gasteiger partial charge in [0, 0.05) is 42.4 Å². The molecule has 0 bridgehead atoms. The topological polar surface area (TPSA) is 15.7 Å². The van der Waals surface area contributed by atoms with Gasteiger partial charge in [-0.25, -0.2) is 0 Å². The first-order chi connectivity index (χ1) is 13.6. The van der Waals surface area contributed by atoms with E-state index in [2.05, 4.69) is 82.0 Å². The number of hydrogen-bond acceptors (Lipinski definition) is 3. The van der Waals surface area contributed by atoms with Crippen LogP contribution in [0.3, 0.4) is 0 Å². The normalized spacial score (nSPS) is 17.8. The first kappa shape index (κ1) is 19.5. The average Bonchev–Trinajstić information content (AvgIpc) is 2.73. The Bertz CT molecular complexity index is 865. The quantitative estimate of drug-likeness (QED) is 0.638. The van der Waals surface area contributed by atoms with Gasteiger partial charge in [-0.3, -0.25) is 4.90 Å². The van der Waals surface area contributed by atoms with Crippen LogP contribution in [0.2, 0.25) is 0 Å². The number of hydrogen-bond donors (Lipinski definition) is 0. The van der Waals surface area contributed by atoms with E-state index in [9.17, 15) is 0 Å². The van der Waals surface area contributed by atoms with Gasteiger partial charge in [0.2, 0.25) is 0 Å². The molecule has 0 spiro atoms. The number of methoxy groups -OCH3 is 1. The van der Waals surface area contributed by atoms with Crippen molar-refractivity contribution in [3.63, 3.8) is 0 Å². The number of fused-ring (bicyclic) bond motifs is 1. The highest BCUT2D eigenvalue weighted by Gasteiger charge is 2.21. The molecule has 4 rings (SSSR count). The zero-order valence-electron chi connectivity index (χ0n) is 17.0. The summed E-state index contributed by atoms with van der Waals surface area (Å²) >= 11 is 3.85. The zero-order chi connectivity index (χ0) is 19.7. The van der Waals surface area contributed by atoms with Crippen molar-refractivity contribution in [2.75, 3.05) is 38.2 Å². The second-order valence-electron chi connectivity index (χ2n) is 7.97. The Labute approximate surface area is 177 Å². The van der Waals surface area contributed by atoms with Crippen molar-refractivity contribution in [2.24, 2.45) is 0 Å². The Morgan fingerprint density at radius 2 is 1.64 bits per heavy atom. The minimum absolute atomic E-state index is 0.636. The molecule has 1 fully saturated rings. The fourth-order valence-corrected chi connectivity index (χ4v) is 4.94. The average molecular weight is 441 g/mol. The van der Waals surface area contributed by atoms with Crippen LogP contribution in [0.15, 0.2) is 46.9 Å². The highest BCUT2D eigenvalue weighted by Crippen LogP contribution is 2.40. The molecule has 0 amide bonds. The molecule has 0 unspecified atom stereocenters. The molecule has 0 saturated carbocycles. The molecule has 1 saturated heterocycles. The van der Waals surface area contributed by atoms with Gasteiger partial charge >= 0.3 is 0 Å². The maximum atomic E-state index is 5.48. The van der Waals surface area contributed by atoms with E-state index in [0.29, 0.717) is 6.04 Å². The summed E-state index contributed by atoms with van der Waals surface area (Å²) in [6, 6.07) is 16.2. The first-order valence-corrected chi connectivity index (χ1v) is 11.0. The second-order valence-corrected chi connectivity index (χ2v) is 8.92. The second kappa shape index (κ2) is 8.30. The standard InChI is InChI=1S/C24H29BrN2O/c1-17(2)26-12-14-27(15-13-26)20-8-4-19(5-9-20)24-22-16-21(28-3)10-6-18(22)7-11-23(24)25/h4-6,8-10,16-17H,7,11-15H2,1-3H3. The van der Waals surface area contributed by atoms with Gasteiger partial charge in [0.05, 0.1) is 7.11 Å². The SMILES string of the molecule is COc1ccc2c(c1)C(c1ccc(N3CCN(C(C)C)CC3)cc1)=C(Br)CC2. The van der Waals surface area contributed by atoms with E-state index >= 15 is 0 Å². The Balaban J connectivity index is 1.58. The summed E-state index contributed by atoms with van der Waals surface area (Å²) in [6.45, 7) is 9.06. The smallest absolute Gasteiger partial charge is 0.119 e. The van der Waals surface area contributed by atoms with Gasteiger partial charge in [0.15, 0.2) is 0 Å². The predicted molar refractivity (Wildman–Crippen MR) is 122 cm³/mol. The molecule has 0 atom stereocenters.